The highest BCUT2D eigenvalue weighted by atomic mass is 32.2. The molecule has 7 nitrogen and oxygen atoms in total. The molecule has 1 heterocycles. The molecule has 0 amide bonds. The lowest BCUT2D eigenvalue weighted by Crippen LogP contribution is -2.47. The zero-order chi connectivity index (χ0) is 14.2. The van der Waals surface area contributed by atoms with E-state index < -0.39 is 14.8 Å². The molecule has 0 bridgehead atoms. The van der Waals surface area contributed by atoms with E-state index in [4.69, 9.17) is 5.73 Å². The second-order valence-electron chi connectivity index (χ2n) is 4.66. The van der Waals surface area contributed by atoms with Crippen molar-refractivity contribution in [3.05, 3.63) is 28.3 Å². The molecule has 8 heteroatoms. The minimum atomic E-state index is -3.00. The summed E-state index contributed by atoms with van der Waals surface area (Å²) in [6, 6.07) is 4.05. The maximum absolute atomic E-state index is 11.5. The van der Waals surface area contributed by atoms with E-state index in [-0.39, 0.29) is 23.2 Å². The first kappa shape index (κ1) is 13.6. The Balaban J connectivity index is 2.30. The van der Waals surface area contributed by atoms with Crippen LogP contribution in [0.3, 0.4) is 0 Å². The molecule has 2 N–H and O–H groups in total. The summed E-state index contributed by atoms with van der Waals surface area (Å²) in [4.78, 5) is 12.0. The molecule has 1 aromatic rings. The van der Waals surface area contributed by atoms with Crippen molar-refractivity contribution in [2.45, 2.75) is 13.0 Å². The van der Waals surface area contributed by atoms with Gasteiger partial charge in [0.2, 0.25) is 0 Å². The van der Waals surface area contributed by atoms with Gasteiger partial charge in [0.1, 0.15) is 0 Å². The number of nitro groups is 1. The van der Waals surface area contributed by atoms with E-state index in [1.165, 1.54) is 12.1 Å². The van der Waals surface area contributed by atoms with Crippen LogP contribution in [0.2, 0.25) is 0 Å². The van der Waals surface area contributed by atoms with Gasteiger partial charge in [-0.25, -0.2) is 8.42 Å². The summed E-state index contributed by atoms with van der Waals surface area (Å²) in [5.41, 5.74) is 6.69. The first-order valence-electron chi connectivity index (χ1n) is 5.81. The number of nitrogen functional groups attached to an aromatic ring is 1. The third kappa shape index (κ3) is 2.78. The van der Waals surface area contributed by atoms with Crippen LogP contribution in [-0.4, -0.2) is 37.4 Å². The predicted octanol–water partition coefficient (Wildman–Crippen LogP) is 0.800. The monoisotopic (exact) mass is 285 g/mol. The van der Waals surface area contributed by atoms with E-state index in [0.29, 0.717) is 17.9 Å². The molecule has 1 aliphatic rings. The summed E-state index contributed by atoms with van der Waals surface area (Å²) in [6.07, 6.45) is 0. The Morgan fingerprint density at radius 2 is 2.16 bits per heavy atom. The molecule has 2 rings (SSSR count). The van der Waals surface area contributed by atoms with Crippen LogP contribution in [0, 0.1) is 10.1 Å². The van der Waals surface area contributed by atoms with Gasteiger partial charge in [-0.15, -0.1) is 0 Å². The first-order chi connectivity index (χ1) is 8.80. The van der Waals surface area contributed by atoms with Gasteiger partial charge < -0.3 is 10.6 Å². The van der Waals surface area contributed by atoms with Crippen LogP contribution in [0.1, 0.15) is 6.92 Å². The molecule has 1 saturated heterocycles. The highest BCUT2D eigenvalue weighted by Gasteiger charge is 2.29. The van der Waals surface area contributed by atoms with Crippen molar-refractivity contribution in [2.75, 3.05) is 28.7 Å². The number of rotatable bonds is 2. The molecule has 1 unspecified atom stereocenters. The number of sulfone groups is 1. The molecule has 0 radical (unpaired) electrons. The van der Waals surface area contributed by atoms with Crippen LogP contribution in [0.25, 0.3) is 0 Å². The zero-order valence-electron chi connectivity index (χ0n) is 10.4. The lowest BCUT2D eigenvalue weighted by molar-refractivity contribution is -0.384. The minimum absolute atomic E-state index is 0.0708. The molecular weight excluding hydrogens is 270 g/mol. The van der Waals surface area contributed by atoms with Crippen molar-refractivity contribution in [2.24, 2.45) is 0 Å². The number of anilines is 2. The average Bonchev–Trinajstić information content (AvgIpc) is 2.29. The van der Waals surface area contributed by atoms with Crippen LogP contribution in [0.15, 0.2) is 18.2 Å². The number of non-ortho nitro benzene ring substituents is 1. The average molecular weight is 285 g/mol. The van der Waals surface area contributed by atoms with Gasteiger partial charge in [-0.3, -0.25) is 10.1 Å². The van der Waals surface area contributed by atoms with Crippen LogP contribution < -0.4 is 10.6 Å². The van der Waals surface area contributed by atoms with Gasteiger partial charge in [0.25, 0.3) is 5.69 Å². The van der Waals surface area contributed by atoms with E-state index in [0.717, 1.165) is 0 Å². The van der Waals surface area contributed by atoms with Crippen molar-refractivity contribution >= 4 is 26.9 Å². The van der Waals surface area contributed by atoms with E-state index in [2.05, 4.69) is 0 Å². The van der Waals surface area contributed by atoms with Crippen molar-refractivity contribution in [3.8, 4) is 0 Å². The van der Waals surface area contributed by atoms with Gasteiger partial charge in [0.15, 0.2) is 9.84 Å². The Morgan fingerprint density at radius 1 is 1.47 bits per heavy atom. The number of nitro benzene ring substituents is 1. The predicted molar refractivity (Wildman–Crippen MR) is 73.0 cm³/mol. The number of benzene rings is 1. The standard InChI is InChI=1S/C11H15N3O4S/c1-8-7-19(17,18)5-4-13(8)11-3-2-9(14(15)16)6-10(11)12/h2-3,6,8H,4-5,7,12H2,1H3. The minimum Gasteiger partial charge on any atom is -0.397 e. The molecule has 104 valence electrons. The van der Waals surface area contributed by atoms with E-state index in [1.54, 1.807) is 13.0 Å². The molecule has 1 aliphatic heterocycles. The first-order valence-corrected chi connectivity index (χ1v) is 7.63. The van der Waals surface area contributed by atoms with Crippen LogP contribution in [0.5, 0.6) is 0 Å². The molecule has 1 aromatic carbocycles. The van der Waals surface area contributed by atoms with Crippen molar-refractivity contribution < 1.29 is 13.3 Å². The number of nitrogens with zero attached hydrogens (tertiary/aromatic N) is 2. The van der Waals surface area contributed by atoms with Crippen molar-refractivity contribution in [3.63, 3.8) is 0 Å². The van der Waals surface area contributed by atoms with Gasteiger partial charge >= 0.3 is 0 Å². The summed E-state index contributed by atoms with van der Waals surface area (Å²) < 4.78 is 23.0. The van der Waals surface area contributed by atoms with Crippen molar-refractivity contribution in [1.82, 2.24) is 0 Å². The number of nitrogens with two attached hydrogens (primary N) is 1. The Bertz CT molecular complexity index is 614. The van der Waals surface area contributed by atoms with Crippen molar-refractivity contribution in [1.29, 1.82) is 0 Å². The quantitative estimate of drug-likeness (QED) is 0.489. The second-order valence-corrected chi connectivity index (χ2v) is 6.89. The molecular formula is C11H15N3O4S. The summed E-state index contributed by atoms with van der Waals surface area (Å²) in [5, 5.41) is 10.6. The summed E-state index contributed by atoms with van der Waals surface area (Å²) in [6.45, 7) is 2.16. The summed E-state index contributed by atoms with van der Waals surface area (Å²) in [7, 11) is -3.00. The SMILES string of the molecule is CC1CS(=O)(=O)CCN1c1ccc([N+](=O)[O-])cc1N. The molecule has 19 heavy (non-hydrogen) atoms. The van der Waals surface area contributed by atoms with E-state index in [1.807, 2.05) is 4.90 Å². The third-order valence-electron chi connectivity index (χ3n) is 3.20. The lowest BCUT2D eigenvalue weighted by atomic mass is 10.2. The van der Waals surface area contributed by atoms with Crippen LogP contribution in [-0.2, 0) is 9.84 Å². The Labute approximate surface area is 111 Å². The highest BCUT2D eigenvalue weighted by Crippen LogP contribution is 2.30. The fourth-order valence-electron chi connectivity index (χ4n) is 2.27. The van der Waals surface area contributed by atoms with Gasteiger partial charge in [0, 0.05) is 24.7 Å². The van der Waals surface area contributed by atoms with E-state index >= 15 is 0 Å². The Hall–Kier alpha value is -1.83. The van der Waals surface area contributed by atoms with Gasteiger partial charge in [-0.1, -0.05) is 0 Å². The topological polar surface area (TPSA) is 107 Å². The fourth-order valence-corrected chi connectivity index (χ4v) is 3.83. The number of hydrogen-bond donors (Lipinski definition) is 1. The molecule has 1 atom stereocenters. The normalized spacial score (nSPS) is 22.2. The third-order valence-corrected chi connectivity index (χ3v) is 5.00. The molecule has 0 aromatic heterocycles. The number of hydrogen-bond acceptors (Lipinski definition) is 6. The largest absolute Gasteiger partial charge is 0.397 e. The second kappa shape index (κ2) is 4.69. The molecule has 0 saturated carbocycles. The highest BCUT2D eigenvalue weighted by molar-refractivity contribution is 7.91. The molecule has 0 aliphatic carbocycles. The van der Waals surface area contributed by atoms with Gasteiger partial charge in [0.05, 0.1) is 27.8 Å². The Morgan fingerprint density at radius 3 is 2.68 bits per heavy atom. The van der Waals surface area contributed by atoms with Crippen LogP contribution >= 0.6 is 0 Å². The Kier molecular flexibility index (Phi) is 3.36. The maximum atomic E-state index is 11.5. The van der Waals surface area contributed by atoms with E-state index in [9.17, 15) is 18.5 Å². The van der Waals surface area contributed by atoms with Gasteiger partial charge in [-0.05, 0) is 13.0 Å². The lowest BCUT2D eigenvalue weighted by Gasteiger charge is -2.35. The maximum Gasteiger partial charge on any atom is 0.271 e. The zero-order valence-corrected chi connectivity index (χ0v) is 11.3. The summed E-state index contributed by atoms with van der Waals surface area (Å²) in [5.74, 6) is 0.150. The smallest absolute Gasteiger partial charge is 0.271 e. The molecule has 0 spiro atoms. The van der Waals surface area contributed by atoms with Crippen LogP contribution in [0.4, 0.5) is 17.1 Å². The van der Waals surface area contributed by atoms with Gasteiger partial charge in [-0.2, -0.15) is 0 Å². The fraction of sp³-hybridized carbons (Fsp3) is 0.455. The molecule has 1 fully saturated rings. The summed E-state index contributed by atoms with van der Waals surface area (Å²) >= 11 is 0.